The summed E-state index contributed by atoms with van der Waals surface area (Å²) in [5.74, 6) is 1.66. The number of anilines is 1. The number of hydrogen-bond donors (Lipinski definition) is 1. The molecule has 0 bridgehead atoms. The zero-order valence-electron chi connectivity index (χ0n) is 14.4. The van der Waals surface area contributed by atoms with Crippen LogP contribution in [0.15, 0.2) is 61.1 Å². The van der Waals surface area contributed by atoms with E-state index in [4.69, 9.17) is 4.74 Å². The van der Waals surface area contributed by atoms with Gasteiger partial charge in [0, 0.05) is 41.3 Å². The van der Waals surface area contributed by atoms with Crippen molar-refractivity contribution in [2.45, 2.75) is 17.5 Å². The summed E-state index contributed by atoms with van der Waals surface area (Å²) in [7, 11) is 1.62. The number of benzene rings is 1. The maximum Gasteiger partial charge on any atom is 0.228 e. The smallest absolute Gasteiger partial charge is 0.228 e. The summed E-state index contributed by atoms with van der Waals surface area (Å²) in [6, 6.07) is 13.5. The number of amides is 1. The summed E-state index contributed by atoms with van der Waals surface area (Å²) in [5.41, 5.74) is 4.25. The molecule has 1 aliphatic heterocycles. The Bertz CT molecular complexity index is 907. The fourth-order valence-electron chi connectivity index (χ4n) is 3.14. The SMILES string of the molecule is COc1ccc(NC(=O)Cc2ccn3c2CSC3c2cccnc2)cc1. The molecule has 1 amide bonds. The lowest BCUT2D eigenvalue weighted by Gasteiger charge is -2.12. The number of carbonyl (C=O) groups is 1. The Morgan fingerprint density at radius 1 is 1.31 bits per heavy atom. The number of rotatable bonds is 5. The summed E-state index contributed by atoms with van der Waals surface area (Å²) in [5, 5.41) is 3.18. The molecule has 0 aliphatic carbocycles. The molecule has 1 aromatic carbocycles. The van der Waals surface area contributed by atoms with E-state index in [2.05, 4.69) is 27.1 Å². The van der Waals surface area contributed by atoms with Crippen molar-refractivity contribution in [3.8, 4) is 5.75 Å². The molecule has 0 radical (unpaired) electrons. The van der Waals surface area contributed by atoms with Gasteiger partial charge in [-0.3, -0.25) is 9.78 Å². The first kappa shape index (κ1) is 16.7. The van der Waals surface area contributed by atoms with Gasteiger partial charge in [0.05, 0.1) is 13.5 Å². The molecule has 0 fully saturated rings. The molecular formula is C20H19N3O2S. The summed E-state index contributed by atoms with van der Waals surface area (Å²) < 4.78 is 7.38. The largest absolute Gasteiger partial charge is 0.497 e. The van der Waals surface area contributed by atoms with E-state index in [9.17, 15) is 4.79 Å². The van der Waals surface area contributed by atoms with Gasteiger partial charge in [0.25, 0.3) is 0 Å². The number of thioether (sulfide) groups is 1. The standard InChI is InChI=1S/C20H19N3O2S/c1-25-17-6-4-16(5-7-17)22-19(24)11-14-8-10-23-18(14)13-26-20(23)15-3-2-9-21-12-15/h2-10,12,20H,11,13H2,1H3,(H,22,24). The molecule has 2 aromatic heterocycles. The molecule has 132 valence electrons. The first-order valence-corrected chi connectivity index (χ1v) is 9.43. The number of carbonyl (C=O) groups excluding carboxylic acids is 1. The monoisotopic (exact) mass is 365 g/mol. The Hall–Kier alpha value is -2.73. The molecule has 26 heavy (non-hydrogen) atoms. The zero-order chi connectivity index (χ0) is 17.9. The highest BCUT2D eigenvalue weighted by Crippen LogP contribution is 2.41. The highest BCUT2D eigenvalue weighted by atomic mass is 32.2. The maximum atomic E-state index is 12.4. The molecular weight excluding hydrogens is 346 g/mol. The van der Waals surface area contributed by atoms with Gasteiger partial charge in [-0.1, -0.05) is 6.07 Å². The second-order valence-electron chi connectivity index (χ2n) is 6.10. The lowest BCUT2D eigenvalue weighted by atomic mass is 10.1. The Morgan fingerprint density at radius 3 is 2.88 bits per heavy atom. The van der Waals surface area contributed by atoms with E-state index in [1.165, 1.54) is 11.3 Å². The molecule has 4 rings (SSSR count). The van der Waals surface area contributed by atoms with E-state index < -0.39 is 0 Å². The van der Waals surface area contributed by atoms with Crippen LogP contribution in [0, 0.1) is 0 Å². The average Bonchev–Trinajstić information content (AvgIpc) is 3.26. The number of aromatic nitrogens is 2. The molecule has 0 spiro atoms. The molecule has 1 atom stereocenters. The van der Waals surface area contributed by atoms with E-state index in [0.29, 0.717) is 6.42 Å². The second kappa shape index (κ2) is 7.25. The zero-order valence-corrected chi connectivity index (χ0v) is 15.2. The number of nitrogens with one attached hydrogen (secondary N) is 1. The molecule has 5 nitrogen and oxygen atoms in total. The summed E-state index contributed by atoms with van der Waals surface area (Å²) >= 11 is 1.86. The fraction of sp³-hybridized carbons (Fsp3) is 0.200. The van der Waals surface area contributed by atoms with E-state index in [-0.39, 0.29) is 11.3 Å². The van der Waals surface area contributed by atoms with Crippen LogP contribution in [-0.2, 0) is 17.0 Å². The van der Waals surface area contributed by atoms with E-state index in [1.54, 1.807) is 13.3 Å². The lowest BCUT2D eigenvalue weighted by molar-refractivity contribution is -0.115. The van der Waals surface area contributed by atoms with E-state index in [0.717, 1.165) is 22.8 Å². The van der Waals surface area contributed by atoms with Gasteiger partial charge in [0.15, 0.2) is 0 Å². The Morgan fingerprint density at radius 2 is 2.15 bits per heavy atom. The third kappa shape index (κ3) is 3.32. The average molecular weight is 365 g/mol. The number of nitrogens with zero attached hydrogens (tertiary/aromatic N) is 2. The third-order valence-corrected chi connectivity index (χ3v) is 5.70. The topological polar surface area (TPSA) is 56.1 Å². The van der Waals surface area contributed by atoms with Crippen LogP contribution in [0.3, 0.4) is 0 Å². The van der Waals surface area contributed by atoms with Gasteiger partial charge >= 0.3 is 0 Å². The highest BCUT2D eigenvalue weighted by molar-refractivity contribution is 7.99. The van der Waals surface area contributed by atoms with Crippen LogP contribution in [0.25, 0.3) is 0 Å². The van der Waals surface area contributed by atoms with Crippen molar-refractivity contribution in [2.24, 2.45) is 0 Å². The van der Waals surface area contributed by atoms with Crippen molar-refractivity contribution in [2.75, 3.05) is 12.4 Å². The maximum absolute atomic E-state index is 12.4. The summed E-state index contributed by atoms with van der Waals surface area (Å²) in [4.78, 5) is 16.6. The molecule has 3 heterocycles. The van der Waals surface area contributed by atoms with Gasteiger partial charge < -0.3 is 14.6 Å². The third-order valence-electron chi connectivity index (χ3n) is 4.44. The van der Waals surface area contributed by atoms with Crippen LogP contribution < -0.4 is 10.1 Å². The van der Waals surface area contributed by atoms with Gasteiger partial charge in [-0.05, 0) is 42.0 Å². The minimum Gasteiger partial charge on any atom is -0.497 e. The van der Waals surface area contributed by atoms with Crippen LogP contribution in [0.1, 0.15) is 22.2 Å². The van der Waals surface area contributed by atoms with Crippen LogP contribution in [-0.4, -0.2) is 22.6 Å². The van der Waals surface area contributed by atoms with Crippen LogP contribution in [0.4, 0.5) is 5.69 Å². The predicted octanol–water partition coefficient (Wildman–Crippen LogP) is 3.87. The fourth-order valence-corrected chi connectivity index (χ4v) is 4.48. The quantitative estimate of drug-likeness (QED) is 0.746. The minimum absolute atomic E-state index is 0.0148. The van der Waals surface area contributed by atoms with Gasteiger partial charge in [0.1, 0.15) is 11.1 Å². The van der Waals surface area contributed by atoms with Crippen molar-refractivity contribution in [3.63, 3.8) is 0 Å². The van der Waals surface area contributed by atoms with Crippen molar-refractivity contribution < 1.29 is 9.53 Å². The lowest BCUT2D eigenvalue weighted by Crippen LogP contribution is -2.15. The molecule has 1 unspecified atom stereocenters. The number of hydrogen-bond acceptors (Lipinski definition) is 4. The van der Waals surface area contributed by atoms with Gasteiger partial charge in [-0.15, -0.1) is 11.8 Å². The van der Waals surface area contributed by atoms with Crippen molar-refractivity contribution in [1.82, 2.24) is 9.55 Å². The molecule has 3 aromatic rings. The highest BCUT2D eigenvalue weighted by Gasteiger charge is 2.26. The normalized spacial score (nSPS) is 15.5. The molecule has 0 saturated heterocycles. The Labute approximate surface area is 156 Å². The summed E-state index contributed by atoms with van der Waals surface area (Å²) in [6.45, 7) is 0. The van der Waals surface area contributed by atoms with Crippen molar-refractivity contribution in [3.05, 3.63) is 77.9 Å². The molecule has 1 N–H and O–H groups in total. The van der Waals surface area contributed by atoms with Crippen molar-refractivity contribution in [1.29, 1.82) is 0 Å². The van der Waals surface area contributed by atoms with E-state index >= 15 is 0 Å². The van der Waals surface area contributed by atoms with Crippen LogP contribution in [0.5, 0.6) is 5.75 Å². The summed E-state index contributed by atoms with van der Waals surface area (Å²) in [6.07, 6.45) is 6.13. The minimum atomic E-state index is -0.0148. The predicted molar refractivity (Wildman–Crippen MR) is 103 cm³/mol. The Kier molecular flexibility index (Phi) is 4.67. The number of fused-ring (bicyclic) bond motifs is 1. The number of ether oxygens (including phenoxy) is 1. The van der Waals surface area contributed by atoms with Gasteiger partial charge in [-0.25, -0.2) is 0 Å². The first-order chi connectivity index (χ1) is 12.7. The Balaban J connectivity index is 1.45. The van der Waals surface area contributed by atoms with E-state index in [1.807, 2.05) is 54.4 Å². The van der Waals surface area contributed by atoms with Gasteiger partial charge in [0.2, 0.25) is 5.91 Å². The van der Waals surface area contributed by atoms with Crippen LogP contribution >= 0.6 is 11.8 Å². The molecule has 0 saturated carbocycles. The molecule has 1 aliphatic rings. The number of pyridine rings is 1. The first-order valence-electron chi connectivity index (χ1n) is 8.38. The van der Waals surface area contributed by atoms with Gasteiger partial charge in [-0.2, -0.15) is 0 Å². The second-order valence-corrected chi connectivity index (χ2v) is 7.17. The van der Waals surface area contributed by atoms with Crippen molar-refractivity contribution >= 4 is 23.4 Å². The molecule has 6 heteroatoms. The van der Waals surface area contributed by atoms with Crippen LogP contribution in [0.2, 0.25) is 0 Å². The number of methoxy groups -OCH3 is 1.